The van der Waals surface area contributed by atoms with Gasteiger partial charge in [0.15, 0.2) is 0 Å². The first-order valence-electron chi connectivity index (χ1n) is 6.99. The van der Waals surface area contributed by atoms with Gasteiger partial charge < -0.3 is 9.47 Å². The summed E-state index contributed by atoms with van der Waals surface area (Å²) >= 11 is 28.4. The fourth-order valence-electron chi connectivity index (χ4n) is 2.05. The topological polar surface area (TPSA) is 18.5 Å². The van der Waals surface area contributed by atoms with Crippen LogP contribution in [0, 0.1) is 0 Å². The van der Waals surface area contributed by atoms with Gasteiger partial charge in [-0.15, -0.1) is 0 Å². The minimum atomic E-state index is -0.505. The second kappa shape index (κ2) is 10.8. The Morgan fingerprint density at radius 2 is 1.04 bits per heavy atom. The molecule has 0 radical (unpaired) electrons. The monoisotopic (exact) mass is 865 g/mol. The summed E-state index contributed by atoms with van der Waals surface area (Å²) in [7, 11) is 0. The third-order valence-corrected chi connectivity index (χ3v) is 10.3. The van der Waals surface area contributed by atoms with Crippen LogP contribution in [0.2, 0.25) is 0 Å². The maximum absolute atomic E-state index is 6.03. The van der Waals surface area contributed by atoms with Crippen LogP contribution in [-0.2, 0) is 10.7 Å². The number of halogens is 8. The molecule has 2 aromatic rings. The Balaban J connectivity index is 2.29. The number of alkyl halides is 2. The molecule has 0 aliphatic heterocycles. The normalized spacial score (nSPS) is 11.2. The Morgan fingerprint density at radius 1 is 0.692 bits per heavy atom. The average molecular weight is 873 g/mol. The van der Waals surface area contributed by atoms with Gasteiger partial charge in [-0.05, 0) is 119 Å². The first-order chi connectivity index (χ1) is 12.2. The fraction of sp³-hybridized carbons (Fsp3) is 0.250. The minimum absolute atomic E-state index is 0.505. The van der Waals surface area contributed by atoms with Crippen molar-refractivity contribution >= 4 is 127 Å². The molecule has 142 valence electrons. The first-order valence-corrected chi connectivity index (χ1v) is 14.0. The lowest BCUT2D eigenvalue weighted by atomic mass is 10.2. The van der Waals surface area contributed by atoms with E-state index in [1.165, 1.54) is 0 Å². The van der Waals surface area contributed by atoms with Crippen molar-refractivity contribution in [2.24, 2.45) is 0 Å². The van der Waals surface area contributed by atoms with E-state index in [0.29, 0.717) is 22.2 Å². The standard InChI is InChI=1S/C16H10Br8O2/c1-6(25-11-2-9(19)13(21)7(4-17)15(11)23)26-12-3-10(20)14(22)8(5-18)16(12)24/h2-3,6H,4-5H2,1H3. The summed E-state index contributed by atoms with van der Waals surface area (Å²) in [4.78, 5) is 0. The largest absolute Gasteiger partial charge is 0.454 e. The van der Waals surface area contributed by atoms with E-state index in [4.69, 9.17) is 9.47 Å². The van der Waals surface area contributed by atoms with Gasteiger partial charge in [0.25, 0.3) is 0 Å². The Bertz CT molecular complexity index is 757. The third kappa shape index (κ3) is 5.52. The fourth-order valence-corrected chi connectivity index (χ4v) is 8.10. The molecule has 0 N–H and O–H groups in total. The molecule has 0 atom stereocenters. The smallest absolute Gasteiger partial charge is 0.238 e. The second-order valence-electron chi connectivity index (χ2n) is 5.00. The molecule has 0 aromatic heterocycles. The van der Waals surface area contributed by atoms with Crippen LogP contribution in [-0.4, -0.2) is 6.29 Å². The molecule has 2 nitrogen and oxygen atoms in total. The van der Waals surface area contributed by atoms with E-state index in [2.05, 4.69) is 127 Å². The summed E-state index contributed by atoms with van der Waals surface area (Å²) in [6.45, 7) is 1.85. The molecule has 0 saturated heterocycles. The van der Waals surface area contributed by atoms with Crippen molar-refractivity contribution in [3.05, 3.63) is 50.1 Å². The lowest BCUT2D eigenvalue weighted by molar-refractivity contribution is 0.0209. The van der Waals surface area contributed by atoms with Gasteiger partial charge in [0.2, 0.25) is 6.29 Å². The molecule has 0 amide bonds. The molecular formula is C16H10Br8O2. The lowest BCUT2D eigenvalue weighted by Gasteiger charge is -2.21. The van der Waals surface area contributed by atoms with Crippen molar-refractivity contribution in [2.45, 2.75) is 23.9 Å². The number of rotatable bonds is 6. The van der Waals surface area contributed by atoms with Crippen LogP contribution in [0.3, 0.4) is 0 Å². The maximum Gasteiger partial charge on any atom is 0.238 e. The summed E-state index contributed by atoms with van der Waals surface area (Å²) in [5.74, 6) is 1.38. The van der Waals surface area contributed by atoms with Crippen molar-refractivity contribution in [1.29, 1.82) is 0 Å². The molecule has 2 rings (SSSR count). The highest BCUT2D eigenvalue weighted by Crippen LogP contribution is 2.42. The Morgan fingerprint density at radius 3 is 1.35 bits per heavy atom. The summed E-state index contributed by atoms with van der Waals surface area (Å²) in [6, 6.07) is 3.80. The van der Waals surface area contributed by atoms with Crippen LogP contribution in [0.4, 0.5) is 0 Å². The summed E-state index contributed by atoms with van der Waals surface area (Å²) in [5, 5.41) is 1.36. The predicted molar refractivity (Wildman–Crippen MR) is 135 cm³/mol. The van der Waals surface area contributed by atoms with Crippen LogP contribution >= 0.6 is 127 Å². The van der Waals surface area contributed by atoms with Gasteiger partial charge in [0, 0.05) is 35.5 Å². The van der Waals surface area contributed by atoms with Crippen molar-refractivity contribution in [1.82, 2.24) is 0 Å². The molecule has 26 heavy (non-hydrogen) atoms. The molecule has 0 unspecified atom stereocenters. The maximum atomic E-state index is 6.03. The molecule has 0 saturated carbocycles. The van der Waals surface area contributed by atoms with Gasteiger partial charge in [-0.3, -0.25) is 0 Å². The van der Waals surface area contributed by atoms with Crippen LogP contribution in [0.1, 0.15) is 18.1 Å². The highest BCUT2D eigenvalue weighted by molar-refractivity contribution is 9.13. The molecule has 0 bridgehead atoms. The van der Waals surface area contributed by atoms with E-state index < -0.39 is 6.29 Å². The van der Waals surface area contributed by atoms with Crippen molar-refractivity contribution in [2.75, 3.05) is 0 Å². The molecular weight excluding hydrogens is 863 g/mol. The number of hydrogen-bond acceptors (Lipinski definition) is 2. The molecule has 0 spiro atoms. The van der Waals surface area contributed by atoms with Crippen molar-refractivity contribution < 1.29 is 9.47 Å². The van der Waals surface area contributed by atoms with E-state index in [9.17, 15) is 0 Å². The van der Waals surface area contributed by atoms with Crippen LogP contribution < -0.4 is 9.47 Å². The molecule has 0 aliphatic rings. The van der Waals surface area contributed by atoms with Gasteiger partial charge in [0.1, 0.15) is 11.5 Å². The number of hydrogen-bond donors (Lipinski definition) is 0. The average Bonchev–Trinajstić information content (AvgIpc) is 2.58. The Hall–Kier alpha value is 1.88. The van der Waals surface area contributed by atoms with Crippen LogP contribution in [0.15, 0.2) is 39.0 Å². The van der Waals surface area contributed by atoms with E-state index >= 15 is 0 Å². The lowest BCUT2D eigenvalue weighted by Crippen LogP contribution is -2.20. The van der Waals surface area contributed by atoms with E-state index in [0.717, 1.165) is 38.0 Å². The third-order valence-electron chi connectivity index (χ3n) is 3.28. The van der Waals surface area contributed by atoms with E-state index in [-0.39, 0.29) is 0 Å². The minimum Gasteiger partial charge on any atom is -0.454 e. The second-order valence-corrected chi connectivity index (χ2v) is 11.0. The quantitative estimate of drug-likeness (QED) is 0.164. The number of benzene rings is 2. The van der Waals surface area contributed by atoms with Gasteiger partial charge in [-0.2, -0.15) is 0 Å². The molecule has 2 aromatic carbocycles. The molecule has 0 fully saturated rings. The Kier molecular flexibility index (Phi) is 10.0. The highest BCUT2D eigenvalue weighted by atomic mass is 79.9. The zero-order chi connectivity index (χ0) is 19.6. The summed E-state index contributed by atoms with van der Waals surface area (Å²) < 4.78 is 17.6. The van der Waals surface area contributed by atoms with Gasteiger partial charge >= 0.3 is 0 Å². The van der Waals surface area contributed by atoms with Gasteiger partial charge in [-0.25, -0.2) is 0 Å². The zero-order valence-corrected chi connectivity index (χ0v) is 25.7. The van der Waals surface area contributed by atoms with Crippen molar-refractivity contribution in [3.8, 4) is 11.5 Å². The molecule has 0 heterocycles. The summed E-state index contributed by atoms with van der Waals surface area (Å²) in [5.41, 5.74) is 2.10. The first kappa shape index (κ1) is 24.2. The summed E-state index contributed by atoms with van der Waals surface area (Å²) in [6.07, 6.45) is -0.505. The predicted octanol–water partition coefficient (Wildman–Crippen LogP) is 9.86. The van der Waals surface area contributed by atoms with Crippen molar-refractivity contribution in [3.63, 3.8) is 0 Å². The van der Waals surface area contributed by atoms with Crippen LogP contribution in [0.5, 0.6) is 11.5 Å². The Labute approximate surface area is 219 Å². The highest BCUT2D eigenvalue weighted by Gasteiger charge is 2.19. The van der Waals surface area contributed by atoms with E-state index in [1.807, 2.05) is 19.1 Å². The van der Waals surface area contributed by atoms with E-state index in [1.54, 1.807) is 0 Å². The van der Waals surface area contributed by atoms with Gasteiger partial charge in [0.05, 0.1) is 8.95 Å². The number of ether oxygens (including phenoxy) is 2. The molecule has 10 heteroatoms. The van der Waals surface area contributed by atoms with Crippen LogP contribution in [0.25, 0.3) is 0 Å². The SMILES string of the molecule is CC(Oc1cc(Br)c(Br)c(CBr)c1Br)Oc1cc(Br)c(Br)c(CBr)c1Br. The zero-order valence-electron chi connectivity index (χ0n) is 13.0. The van der Waals surface area contributed by atoms with Gasteiger partial charge in [-0.1, -0.05) is 31.9 Å². The molecule has 0 aliphatic carbocycles.